The second kappa shape index (κ2) is 7.09. The summed E-state index contributed by atoms with van der Waals surface area (Å²) in [6.07, 6.45) is 7.16. The molecule has 1 fully saturated rings. The van der Waals surface area contributed by atoms with E-state index in [0.29, 0.717) is 5.41 Å². The van der Waals surface area contributed by atoms with Gasteiger partial charge in [0, 0.05) is 16.3 Å². The van der Waals surface area contributed by atoms with Gasteiger partial charge in [-0.2, -0.15) is 0 Å². The average molecular weight is 294 g/mol. The predicted octanol–water partition coefficient (Wildman–Crippen LogP) is 5.35. The molecule has 0 saturated heterocycles. The summed E-state index contributed by atoms with van der Waals surface area (Å²) < 4.78 is 0. The van der Waals surface area contributed by atoms with E-state index in [0.717, 1.165) is 18.4 Å². The van der Waals surface area contributed by atoms with E-state index >= 15 is 0 Å². The Kier molecular flexibility index (Phi) is 5.68. The summed E-state index contributed by atoms with van der Waals surface area (Å²) in [5.74, 6) is 1.93. The Morgan fingerprint density at radius 1 is 1.10 bits per heavy atom. The molecule has 1 heterocycles. The van der Waals surface area contributed by atoms with Crippen molar-refractivity contribution in [3.05, 3.63) is 21.9 Å². The molecule has 0 aliphatic heterocycles. The van der Waals surface area contributed by atoms with Gasteiger partial charge in [0.2, 0.25) is 0 Å². The largest absolute Gasteiger partial charge is 0.312 e. The Morgan fingerprint density at radius 3 is 2.30 bits per heavy atom. The minimum Gasteiger partial charge on any atom is -0.312 e. The molecule has 20 heavy (non-hydrogen) atoms. The van der Waals surface area contributed by atoms with Gasteiger partial charge in [-0.15, -0.1) is 11.3 Å². The van der Waals surface area contributed by atoms with Crippen LogP contribution in [-0.4, -0.2) is 6.54 Å². The molecule has 1 aromatic rings. The van der Waals surface area contributed by atoms with Gasteiger partial charge in [-0.3, -0.25) is 0 Å². The number of rotatable bonds is 5. The molecule has 0 radical (unpaired) electrons. The van der Waals surface area contributed by atoms with Crippen LogP contribution in [0.4, 0.5) is 0 Å². The summed E-state index contributed by atoms with van der Waals surface area (Å²) in [7, 11) is 0. The zero-order chi connectivity index (χ0) is 14.6. The van der Waals surface area contributed by atoms with E-state index in [4.69, 9.17) is 0 Å². The fourth-order valence-corrected chi connectivity index (χ4v) is 4.15. The van der Waals surface area contributed by atoms with Crippen LogP contribution >= 0.6 is 11.3 Å². The molecule has 1 aliphatic carbocycles. The molecular weight excluding hydrogens is 262 g/mol. The molecule has 0 atom stereocenters. The van der Waals surface area contributed by atoms with Crippen molar-refractivity contribution in [1.82, 2.24) is 5.32 Å². The highest BCUT2D eigenvalue weighted by Gasteiger charge is 2.20. The van der Waals surface area contributed by atoms with Gasteiger partial charge in [0.05, 0.1) is 0 Å². The molecule has 1 nitrogen and oxygen atoms in total. The summed E-state index contributed by atoms with van der Waals surface area (Å²) in [6, 6.07) is 4.60. The van der Waals surface area contributed by atoms with E-state index in [2.05, 4.69) is 45.1 Å². The molecule has 0 bridgehead atoms. The van der Waals surface area contributed by atoms with Crippen LogP contribution in [0.1, 0.15) is 69.6 Å². The smallest absolute Gasteiger partial charge is 0.0299 e. The van der Waals surface area contributed by atoms with Gasteiger partial charge in [0.1, 0.15) is 0 Å². The Hall–Kier alpha value is -0.340. The van der Waals surface area contributed by atoms with Crippen LogP contribution in [0.2, 0.25) is 0 Å². The van der Waals surface area contributed by atoms with Crippen molar-refractivity contribution in [2.75, 3.05) is 6.54 Å². The van der Waals surface area contributed by atoms with E-state index in [1.807, 2.05) is 11.3 Å². The monoisotopic (exact) mass is 293 g/mol. The lowest BCUT2D eigenvalue weighted by atomic mass is 9.81. The van der Waals surface area contributed by atoms with Gasteiger partial charge >= 0.3 is 0 Å². The molecule has 0 spiro atoms. The average Bonchev–Trinajstić information content (AvgIpc) is 2.88. The highest BCUT2D eigenvalue weighted by atomic mass is 32.1. The maximum Gasteiger partial charge on any atom is 0.0299 e. The first kappa shape index (κ1) is 16.0. The van der Waals surface area contributed by atoms with E-state index in [1.54, 1.807) is 0 Å². The summed E-state index contributed by atoms with van der Waals surface area (Å²) in [4.78, 5) is 2.98. The zero-order valence-corrected chi connectivity index (χ0v) is 14.5. The van der Waals surface area contributed by atoms with Crippen LogP contribution in [0.25, 0.3) is 0 Å². The van der Waals surface area contributed by atoms with Crippen molar-refractivity contribution in [3.63, 3.8) is 0 Å². The first-order chi connectivity index (χ1) is 9.49. The third-order valence-corrected chi connectivity index (χ3v) is 6.19. The van der Waals surface area contributed by atoms with Crippen molar-refractivity contribution in [3.8, 4) is 0 Å². The fourth-order valence-electron chi connectivity index (χ4n) is 3.12. The van der Waals surface area contributed by atoms with Crippen molar-refractivity contribution in [2.24, 2.45) is 11.8 Å². The Balaban J connectivity index is 1.70. The number of nitrogens with one attached hydrogen (secondary N) is 1. The van der Waals surface area contributed by atoms with Gasteiger partial charge in [0.15, 0.2) is 0 Å². The molecule has 114 valence electrons. The van der Waals surface area contributed by atoms with Crippen LogP contribution in [-0.2, 0) is 12.0 Å². The lowest BCUT2D eigenvalue weighted by molar-refractivity contribution is 0.262. The highest BCUT2D eigenvalue weighted by molar-refractivity contribution is 7.12. The molecule has 0 unspecified atom stereocenters. The van der Waals surface area contributed by atoms with Gasteiger partial charge in [-0.05, 0) is 48.8 Å². The van der Waals surface area contributed by atoms with Crippen LogP contribution in [0.3, 0.4) is 0 Å². The fraction of sp³-hybridized carbons (Fsp3) is 0.778. The number of thiophene rings is 1. The molecule has 1 aliphatic rings. The van der Waals surface area contributed by atoms with Crippen molar-refractivity contribution < 1.29 is 0 Å². The van der Waals surface area contributed by atoms with Crippen LogP contribution < -0.4 is 5.32 Å². The van der Waals surface area contributed by atoms with Crippen LogP contribution in [0.5, 0.6) is 0 Å². The van der Waals surface area contributed by atoms with Gasteiger partial charge in [0.25, 0.3) is 0 Å². The molecule has 0 amide bonds. The third-order valence-electron chi connectivity index (χ3n) is 4.68. The normalized spacial score (nSPS) is 24.0. The Labute approximate surface area is 129 Å². The van der Waals surface area contributed by atoms with Gasteiger partial charge in [-0.1, -0.05) is 47.0 Å². The number of hydrogen-bond acceptors (Lipinski definition) is 2. The summed E-state index contributed by atoms with van der Waals surface area (Å²) in [6.45, 7) is 11.5. The van der Waals surface area contributed by atoms with Crippen molar-refractivity contribution >= 4 is 11.3 Å². The predicted molar refractivity (Wildman–Crippen MR) is 90.5 cm³/mol. The maximum atomic E-state index is 3.68. The first-order valence-electron chi connectivity index (χ1n) is 8.29. The summed E-state index contributed by atoms with van der Waals surface area (Å²) >= 11 is 1.97. The molecule has 2 heteroatoms. The third kappa shape index (κ3) is 4.60. The minimum absolute atomic E-state index is 0.293. The van der Waals surface area contributed by atoms with Crippen LogP contribution in [0, 0.1) is 11.8 Å². The molecule has 1 N–H and O–H groups in total. The topological polar surface area (TPSA) is 12.0 Å². The lowest BCUT2D eigenvalue weighted by Gasteiger charge is -2.27. The van der Waals surface area contributed by atoms with E-state index in [-0.39, 0.29) is 0 Å². The van der Waals surface area contributed by atoms with E-state index < -0.39 is 0 Å². The highest BCUT2D eigenvalue weighted by Crippen LogP contribution is 2.31. The van der Waals surface area contributed by atoms with E-state index in [1.165, 1.54) is 48.4 Å². The van der Waals surface area contributed by atoms with Gasteiger partial charge in [-0.25, -0.2) is 0 Å². The SMILES string of the molecule is CCC1CCC(CNCc2ccc(C(C)(C)C)s2)CC1. The lowest BCUT2D eigenvalue weighted by Crippen LogP contribution is -2.25. The minimum atomic E-state index is 0.293. The molecule has 1 aromatic heterocycles. The second-order valence-electron chi connectivity index (χ2n) is 7.44. The maximum absolute atomic E-state index is 3.68. The second-order valence-corrected chi connectivity index (χ2v) is 8.61. The molecule has 1 saturated carbocycles. The summed E-state index contributed by atoms with van der Waals surface area (Å²) in [5, 5.41) is 3.68. The zero-order valence-electron chi connectivity index (χ0n) is 13.7. The Bertz CT molecular complexity index is 394. The number of hydrogen-bond donors (Lipinski definition) is 1. The summed E-state index contributed by atoms with van der Waals surface area (Å²) in [5.41, 5.74) is 0.293. The first-order valence-corrected chi connectivity index (χ1v) is 9.10. The van der Waals surface area contributed by atoms with Crippen molar-refractivity contribution in [2.45, 2.75) is 71.8 Å². The molecule has 2 rings (SSSR count). The molecular formula is C18H31NS. The van der Waals surface area contributed by atoms with Gasteiger partial charge < -0.3 is 5.32 Å². The molecule has 0 aromatic carbocycles. The Morgan fingerprint density at radius 2 is 1.75 bits per heavy atom. The van der Waals surface area contributed by atoms with Crippen molar-refractivity contribution in [1.29, 1.82) is 0 Å². The van der Waals surface area contributed by atoms with Crippen LogP contribution in [0.15, 0.2) is 12.1 Å². The quantitative estimate of drug-likeness (QED) is 0.771. The van der Waals surface area contributed by atoms with E-state index in [9.17, 15) is 0 Å². The standard InChI is InChI=1S/C18H31NS/c1-5-14-6-8-15(9-7-14)12-19-13-16-10-11-17(20-16)18(2,3)4/h10-11,14-15,19H,5-9,12-13H2,1-4H3.